The molecule has 0 saturated carbocycles. The van der Waals surface area contributed by atoms with E-state index in [0.29, 0.717) is 24.5 Å². The van der Waals surface area contributed by atoms with Crippen LogP contribution in [0.3, 0.4) is 0 Å². The largest absolute Gasteiger partial charge is 0.493 e. The van der Waals surface area contributed by atoms with Crippen LogP contribution in [-0.2, 0) is 11.3 Å². The van der Waals surface area contributed by atoms with Gasteiger partial charge in [-0.25, -0.2) is 4.39 Å². The summed E-state index contributed by atoms with van der Waals surface area (Å²) in [5.41, 5.74) is 1.08. The van der Waals surface area contributed by atoms with E-state index in [4.69, 9.17) is 10.1 Å². The van der Waals surface area contributed by atoms with E-state index in [1.165, 1.54) is 17.0 Å². The first-order valence-electron chi connectivity index (χ1n) is 12.2. The van der Waals surface area contributed by atoms with Gasteiger partial charge < -0.3 is 15.4 Å². The summed E-state index contributed by atoms with van der Waals surface area (Å²) in [6.45, 7) is 6.71. The van der Waals surface area contributed by atoms with Gasteiger partial charge >= 0.3 is 0 Å². The molecule has 2 heterocycles. The molecule has 2 atom stereocenters. The van der Waals surface area contributed by atoms with Crippen molar-refractivity contribution >= 4 is 17.8 Å². The second-order valence-electron chi connectivity index (χ2n) is 9.91. The van der Waals surface area contributed by atoms with Crippen LogP contribution in [0.5, 0.6) is 5.75 Å². The molecule has 0 unspecified atom stereocenters. The number of benzene rings is 2. The van der Waals surface area contributed by atoms with Crippen LogP contribution in [-0.4, -0.2) is 34.8 Å². The number of amides is 2. The number of carbonyl (C=O) groups excluding carboxylic acids is 2. The van der Waals surface area contributed by atoms with Crippen molar-refractivity contribution in [3.63, 3.8) is 0 Å². The van der Waals surface area contributed by atoms with Crippen LogP contribution in [0.4, 0.5) is 4.39 Å². The summed E-state index contributed by atoms with van der Waals surface area (Å²) < 4.78 is 20.2. The Morgan fingerprint density at radius 3 is 2.80 bits per heavy atom. The number of hydrogen-bond acceptors (Lipinski definition) is 4. The minimum Gasteiger partial charge on any atom is -0.493 e. The molecule has 2 aromatic carbocycles. The summed E-state index contributed by atoms with van der Waals surface area (Å²) in [5.74, 6) is -0.0109. The van der Waals surface area contributed by atoms with Crippen LogP contribution < -0.4 is 15.4 Å². The van der Waals surface area contributed by atoms with Gasteiger partial charge in [0, 0.05) is 23.1 Å². The van der Waals surface area contributed by atoms with E-state index in [9.17, 15) is 14.0 Å². The van der Waals surface area contributed by atoms with Crippen LogP contribution in [0.1, 0.15) is 74.0 Å². The SMILES string of the molecule is CC[C@]1(CC(C)C)CC(=O)N(Cc2cc(F)cc(C(=O)N[C@H]3CCOc4ccccc43)c2)C(=N)N1. The highest BCUT2D eigenvalue weighted by molar-refractivity contribution is 5.99. The summed E-state index contributed by atoms with van der Waals surface area (Å²) >= 11 is 0. The maximum Gasteiger partial charge on any atom is 0.251 e. The van der Waals surface area contributed by atoms with Crippen LogP contribution in [0, 0.1) is 17.1 Å². The average molecular weight is 481 g/mol. The van der Waals surface area contributed by atoms with Crippen molar-refractivity contribution in [3.8, 4) is 5.75 Å². The molecule has 2 aromatic rings. The molecule has 1 fully saturated rings. The summed E-state index contributed by atoms with van der Waals surface area (Å²) in [7, 11) is 0. The molecule has 0 spiro atoms. The fraction of sp³-hybridized carbons (Fsp3) is 0.444. The Kier molecular flexibility index (Phi) is 7.10. The van der Waals surface area contributed by atoms with Gasteiger partial charge in [-0.05, 0) is 48.6 Å². The minimum atomic E-state index is -0.563. The third-order valence-electron chi connectivity index (χ3n) is 6.74. The first-order valence-corrected chi connectivity index (χ1v) is 12.2. The summed E-state index contributed by atoms with van der Waals surface area (Å²) in [6.07, 6.45) is 2.40. The zero-order chi connectivity index (χ0) is 25.2. The lowest BCUT2D eigenvalue weighted by atomic mass is 9.82. The molecule has 35 heavy (non-hydrogen) atoms. The second-order valence-corrected chi connectivity index (χ2v) is 9.91. The highest BCUT2D eigenvalue weighted by atomic mass is 19.1. The van der Waals surface area contributed by atoms with Crippen LogP contribution in [0.15, 0.2) is 42.5 Å². The van der Waals surface area contributed by atoms with E-state index < -0.39 is 17.3 Å². The van der Waals surface area contributed by atoms with Gasteiger partial charge in [0.15, 0.2) is 5.96 Å². The summed E-state index contributed by atoms with van der Waals surface area (Å²) in [4.78, 5) is 27.3. The number of para-hydroxylation sites is 1. The number of ether oxygens (including phenoxy) is 1. The Bertz CT molecular complexity index is 1120. The predicted octanol–water partition coefficient (Wildman–Crippen LogP) is 4.53. The zero-order valence-electron chi connectivity index (χ0n) is 20.5. The molecule has 0 aromatic heterocycles. The highest BCUT2D eigenvalue weighted by Crippen LogP contribution is 2.32. The van der Waals surface area contributed by atoms with E-state index in [0.717, 1.165) is 24.2 Å². The average Bonchev–Trinajstić information content (AvgIpc) is 2.81. The van der Waals surface area contributed by atoms with Gasteiger partial charge in [0.2, 0.25) is 5.91 Å². The maximum atomic E-state index is 14.5. The van der Waals surface area contributed by atoms with Crippen molar-refractivity contribution < 1.29 is 18.7 Å². The third-order valence-corrected chi connectivity index (χ3v) is 6.74. The van der Waals surface area contributed by atoms with Gasteiger partial charge in [-0.3, -0.25) is 19.9 Å². The fourth-order valence-electron chi connectivity index (χ4n) is 5.09. The van der Waals surface area contributed by atoms with Crippen molar-refractivity contribution in [1.29, 1.82) is 5.41 Å². The van der Waals surface area contributed by atoms with Gasteiger partial charge in [-0.2, -0.15) is 0 Å². The number of carbonyl (C=O) groups is 2. The standard InChI is InChI=1S/C27H33FN4O3/c1-4-27(14-17(2)3)15-24(33)32(26(29)31-27)16-18-11-19(13-20(28)12-18)25(34)30-22-9-10-35-23-8-6-5-7-21(22)23/h5-8,11-13,17,22H,4,9-10,14-16H2,1-3H3,(H2,29,31)(H,30,34)/t22-,27-/m0/s1. The van der Waals surface area contributed by atoms with Gasteiger partial charge in [-0.1, -0.05) is 39.0 Å². The van der Waals surface area contributed by atoms with E-state index >= 15 is 0 Å². The fourth-order valence-corrected chi connectivity index (χ4v) is 5.09. The molecule has 3 N–H and O–H groups in total. The normalized spacial score (nSPS) is 21.9. The Hall–Kier alpha value is -3.42. The molecule has 2 aliphatic heterocycles. The molecule has 2 aliphatic rings. The molecular weight excluding hydrogens is 447 g/mol. The van der Waals surface area contributed by atoms with Crippen molar-refractivity contribution in [3.05, 3.63) is 65.0 Å². The lowest BCUT2D eigenvalue weighted by Gasteiger charge is -2.43. The third kappa shape index (κ3) is 5.47. The molecule has 0 bridgehead atoms. The van der Waals surface area contributed by atoms with E-state index in [-0.39, 0.29) is 36.4 Å². The molecular formula is C27H33FN4O3. The Morgan fingerprint density at radius 2 is 2.09 bits per heavy atom. The van der Waals surface area contributed by atoms with Gasteiger partial charge in [0.1, 0.15) is 11.6 Å². The Balaban J connectivity index is 1.49. The highest BCUT2D eigenvalue weighted by Gasteiger charge is 2.40. The van der Waals surface area contributed by atoms with Crippen LogP contribution in [0.25, 0.3) is 0 Å². The Morgan fingerprint density at radius 1 is 1.31 bits per heavy atom. The zero-order valence-corrected chi connectivity index (χ0v) is 20.5. The molecule has 0 aliphatic carbocycles. The number of nitrogens with zero attached hydrogens (tertiary/aromatic N) is 1. The van der Waals surface area contributed by atoms with E-state index in [1.807, 2.05) is 31.2 Å². The molecule has 8 heteroatoms. The number of nitrogens with one attached hydrogen (secondary N) is 3. The number of fused-ring (bicyclic) bond motifs is 1. The van der Waals surface area contributed by atoms with Crippen molar-refractivity contribution in [2.45, 2.75) is 64.6 Å². The Labute approximate surface area is 205 Å². The van der Waals surface area contributed by atoms with Crippen molar-refractivity contribution in [2.24, 2.45) is 5.92 Å². The predicted molar refractivity (Wildman–Crippen MR) is 132 cm³/mol. The lowest BCUT2D eigenvalue weighted by Crippen LogP contribution is -2.62. The maximum absolute atomic E-state index is 14.5. The van der Waals surface area contributed by atoms with Gasteiger partial charge in [-0.15, -0.1) is 0 Å². The van der Waals surface area contributed by atoms with Crippen molar-refractivity contribution in [2.75, 3.05) is 6.61 Å². The lowest BCUT2D eigenvalue weighted by molar-refractivity contribution is -0.131. The van der Waals surface area contributed by atoms with E-state index in [1.54, 1.807) is 6.07 Å². The molecule has 1 saturated heterocycles. The number of halogens is 1. The smallest absolute Gasteiger partial charge is 0.251 e. The number of guanidine groups is 1. The molecule has 186 valence electrons. The first-order chi connectivity index (χ1) is 16.7. The molecule has 0 radical (unpaired) electrons. The van der Waals surface area contributed by atoms with Gasteiger partial charge in [0.25, 0.3) is 5.91 Å². The quantitative estimate of drug-likeness (QED) is 0.543. The van der Waals surface area contributed by atoms with Crippen LogP contribution in [0.2, 0.25) is 0 Å². The van der Waals surface area contributed by atoms with E-state index in [2.05, 4.69) is 24.5 Å². The monoisotopic (exact) mass is 480 g/mol. The number of hydrogen-bond donors (Lipinski definition) is 3. The second kappa shape index (κ2) is 10.1. The topological polar surface area (TPSA) is 94.5 Å². The van der Waals surface area contributed by atoms with Crippen LogP contribution >= 0.6 is 0 Å². The number of rotatable bonds is 7. The molecule has 7 nitrogen and oxygen atoms in total. The molecule has 4 rings (SSSR count). The first kappa shape index (κ1) is 24.7. The molecule has 2 amide bonds. The minimum absolute atomic E-state index is 0.0119. The summed E-state index contributed by atoms with van der Waals surface area (Å²) in [5, 5.41) is 14.7. The van der Waals surface area contributed by atoms with Crippen molar-refractivity contribution in [1.82, 2.24) is 15.5 Å². The van der Waals surface area contributed by atoms with Gasteiger partial charge in [0.05, 0.1) is 25.6 Å². The summed E-state index contributed by atoms with van der Waals surface area (Å²) in [6, 6.07) is 11.4.